The summed E-state index contributed by atoms with van der Waals surface area (Å²) in [5, 5.41) is 9.84. The summed E-state index contributed by atoms with van der Waals surface area (Å²) in [5.74, 6) is 3.26. The highest BCUT2D eigenvalue weighted by atomic mass is 16.5. The molecule has 0 saturated carbocycles. The molecule has 1 atom stereocenters. The molecule has 0 aliphatic heterocycles. The maximum atomic E-state index is 9.84. The SMILES string of the molecule is C#CCOc1c(C)cnc2c1CCCC2O. The van der Waals surface area contributed by atoms with Crippen LogP contribution in [0.4, 0.5) is 0 Å². The van der Waals surface area contributed by atoms with Gasteiger partial charge in [0.05, 0.1) is 11.8 Å². The van der Waals surface area contributed by atoms with Crippen LogP contribution in [-0.4, -0.2) is 16.7 Å². The Morgan fingerprint density at radius 2 is 2.50 bits per heavy atom. The van der Waals surface area contributed by atoms with Crippen molar-refractivity contribution >= 4 is 0 Å². The molecule has 1 aromatic rings. The van der Waals surface area contributed by atoms with E-state index in [-0.39, 0.29) is 6.61 Å². The number of aliphatic hydroxyl groups is 1. The fourth-order valence-corrected chi connectivity index (χ4v) is 2.11. The number of fused-ring (bicyclic) bond motifs is 1. The number of hydrogen-bond donors (Lipinski definition) is 1. The summed E-state index contributed by atoms with van der Waals surface area (Å²) >= 11 is 0. The van der Waals surface area contributed by atoms with E-state index < -0.39 is 6.10 Å². The normalized spacial score (nSPS) is 18.7. The number of hydrogen-bond acceptors (Lipinski definition) is 3. The number of nitrogens with zero attached hydrogens (tertiary/aromatic N) is 1. The van der Waals surface area contributed by atoms with Crippen LogP contribution in [0.5, 0.6) is 5.75 Å². The summed E-state index contributed by atoms with van der Waals surface area (Å²) in [7, 11) is 0. The van der Waals surface area contributed by atoms with Crippen molar-refractivity contribution < 1.29 is 9.84 Å². The Balaban J connectivity index is 2.42. The fraction of sp³-hybridized carbons (Fsp3) is 0.462. The van der Waals surface area contributed by atoms with Crippen molar-refractivity contribution in [1.29, 1.82) is 0 Å². The predicted molar refractivity (Wildman–Crippen MR) is 61.2 cm³/mol. The smallest absolute Gasteiger partial charge is 0.148 e. The van der Waals surface area contributed by atoms with E-state index in [9.17, 15) is 5.11 Å². The number of aromatic nitrogens is 1. The van der Waals surface area contributed by atoms with Crippen LogP contribution in [0.2, 0.25) is 0 Å². The Morgan fingerprint density at radius 3 is 3.25 bits per heavy atom. The second-order valence-corrected chi connectivity index (χ2v) is 4.03. The van der Waals surface area contributed by atoms with Gasteiger partial charge in [-0.1, -0.05) is 5.92 Å². The first-order valence-corrected chi connectivity index (χ1v) is 5.46. The summed E-state index contributed by atoms with van der Waals surface area (Å²) in [4.78, 5) is 4.29. The molecule has 2 rings (SSSR count). The van der Waals surface area contributed by atoms with Crippen LogP contribution in [0.15, 0.2) is 6.20 Å². The quantitative estimate of drug-likeness (QED) is 0.768. The van der Waals surface area contributed by atoms with Gasteiger partial charge in [0.25, 0.3) is 0 Å². The van der Waals surface area contributed by atoms with Gasteiger partial charge in [-0.25, -0.2) is 0 Å². The average molecular weight is 217 g/mol. The van der Waals surface area contributed by atoms with Crippen LogP contribution >= 0.6 is 0 Å². The lowest BCUT2D eigenvalue weighted by atomic mass is 9.92. The van der Waals surface area contributed by atoms with Crippen molar-refractivity contribution in [2.75, 3.05) is 6.61 Å². The highest BCUT2D eigenvalue weighted by molar-refractivity contribution is 5.44. The predicted octanol–water partition coefficient (Wildman–Crippen LogP) is 1.77. The lowest BCUT2D eigenvalue weighted by Gasteiger charge is -2.23. The van der Waals surface area contributed by atoms with Crippen molar-refractivity contribution in [3.8, 4) is 18.1 Å². The maximum Gasteiger partial charge on any atom is 0.148 e. The van der Waals surface area contributed by atoms with Crippen LogP contribution in [0.25, 0.3) is 0 Å². The van der Waals surface area contributed by atoms with Gasteiger partial charge >= 0.3 is 0 Å². The molecule has 0 saturated heterocycles. The molecular weight excluding hydrogens is 202 g/mol. The average Bonchev–Trinajstić information content (AvgIpc) is 2.28. The molecule has 3 heteroatoms. The summed E-state index contributed by atoms with van der Waals surface area (Å²) in [6, 6.07) is 0. The van der Waals surface area contributed by atoms with Gasteiger partial charge in [-0.2, -0.15) is 0 Å². The Labute approximate surface area is 95.5 Å². The van der Waals surface area contributed by atoms with E-state index in [1.165, 1.54) is 0 Å². The highest BCUT2D eigenvalue weighted by Crippen LogP contribution is 2.35. The zero-order chi connectivity index (χ0) is 11.5. The second-order valence-electron chi connectivity index (χ2n) is 4.03. The maximum absolute atomic E-state index is 9.84. The zero-order valence-corrected chi connectivity index (χ0v) is 9.36. The summed E-state index contributed by atoms with van der Waals surface area (Å²) < 4.78 is 5.55. The van der Waals surface area contributed by atoms with Gasteiger partial charge in [-0.3, -0.25) is 4.98 Å². The minimum absolute atomic E-state index is 0.257. The molecule has 0 bridgehead atoms. The first-order chi connectivity index (χ1) is 7.74. The molecule has 0 spiro atoms. The Bertz CT molecular complexity index is 434. The van der Waals surface area contributed by atoms with Gasteiger partial charge in [0.1, 0.15) is 12.4 Å². The summed E-state index contributed by atoms with van der Waals surface area (Å²) in [6.45, 7) is 2.20. The minimum atomic E-state index is -0.461. The van der Waals surface area contributed by atoms with Crippen molar-refractivity contribution in [2.45, 2.75) is 32.3 Å². The number of rotatable bonds is 2. The number of aliphatic hydroxyl groups excluding tert-OH is 1. The number of pyridine rings is 1. The van der Waals surface area contributed by atoms with Gasteiger partial charge in [0.2, 0.25) is 0 Å². The lowest BCUT2D eigenvalue weighted by molar-refractivity contribution is 0.150. The van der Waals surface area contributed by atoms with Gasteiger partial charge in [0, 0.05) is 17.3 Å². The first kappa shape index (κ1) is 11.0. The number of aryl methyl sites for hydroxylation is 1. The molecule has 84 valence electrons. The molecule has 1 aliphatic rings. The molecule has 0 aromatic carbocycles. The molecule has 1 aromatic heterocycles. The number of terminal acetylenes is 1. The molecule has 1 aliphatic carbocycles. The van der Waals surface area contributed by atoms with E-state index in [0.717, 1.165) is 41.8 Å². The Morgan fingerprint density at radius 1 is 1.69 bits per heavy atom. The molecule has 3 nitrogen and oxygen atoms in total. The highest BCUT2D eigenvalue weighted by Gasteiger charge is 2.23. The van der Waals surface area contributed by atoms with Crippen molar-refractivity contribution in [1.82, 2.24) is 4.98 Å². The molecule has 1 N–H and O–H groups in total. The molecule has 1 heterocycles. The minimum Gasteiger partial charge on any atom is -0.480 e. The van der Waals surface area contributed by atoms with Crippen LogP contribution in [-0.2, 0) is 6.42 Å². The van der Waals surface area contributed by atoms with Gasteiger partial charge in [-0.05, 0) is 26.2 Å². The summed E-state index contributed by atoms with van der Waals surface area (Å²) in [5.41, 5.74) is 2.75. The molecule has 0 amide bonds. The third-order valence-corrected chi connectivity index (χ3v) is 2.86. The monoisotopic (exact) mass is 217 g/mol. The summed E-state index contributed by atoms with van der Waals surface area (Å²) in [6.07, 6.45) is 9.11. The van der Waals surface area contributed by atoms with E-state index in [1.54, 1.807) is 6.20 Å². The standard InChI is InChI=1S/C13H15NO2/c1-3-7-16-13-9(2)8-14-12-10(13)5-4-6-11(12)15/h1,8,11,15H,4-7H2,2H3. The largest absolute Gasteiger partial charge is 0.480 e. The van der Waals surface area contributed by atoms with Crippen molar-refractivity contribution in [2.24, 2.45) is 0 Å². The van der Waals surface area contributed by atoms with Crippen LogP contribution in [0, 0.1) is 19.3 Å². The van der Waals surface area contributed by atoms with E-state index in [2.05, 4.69) is 10.9 Å². The van der Waals surface area contributed by atoms with Crippen LogP contribution in [0.3, 0.4) is 0 Å². The molecule has 1 unspecified atom stereocenters. The van der Waals surface area contributed by atoms with Gasteiger partial charge in [0.15, 0.2) is 0 Å². The van der Waals surface area contributed by atoms with Crippen LogP contribution < -0.4 is 4.74 Å². The first-order valence-electron chi connectivity index (χ1n) is 5.46. The fourth-order valence-electron chi connectivity index (χ4n) is 2.11. The Kier molecular flexibility index (Phi) is 3.12. The van der Waals surface area contributed by atoms with Crippen molar-refractivity contribution in [3.63, 3.8) is 0 Å². The topological polar surface area (TPSA) is 42.4 Å². The van der Waals surface area contributed by atoms with Crippen molar-refractivity contribution in [3.05, 3.63) is 23.0 Å². The van der Waals surface area contributed by atoms with E-state index in [4.69, 9.17) is 11.2 Å². The zero-order valence-electron chi connectivity index (χ0n) is 9.36. The molecule has 0 radical (unpaired) electrons. The molecule has 0 fully saturated rings. The third-order valence-electron chi connectivity index (χ3n) is 2.86. The van der Waals surface area contributed by atoms with E-state index >= 15 is 0 Å². The number of ether oxygens (including phenoxy) is 1. The molecular formula is C13H15NO2. The van der Waals surface area contributed by atoms with E-state index in [0.29, 0.717) is 0 Å². The van der Waals surface area contributed by atoms with Gasteiger partial charge < -0.3 is 9.84 Å². The van der Waals surface area contributed by atoms with E-state index in [1.807, 2.05) is 6.92 Å². The lowest BCUT2D eigenvalue weighted by Crippen LogP contribution is -2.14. The molecule has 16 heavy (non-hydrogen) atoms. The van der Waals surface area contributed by atoms with Crippen LogP contribution in [0.1, 0.15) is 35.8 Å². The van der Waals surface area contributed by atoms with Gasteiger partial charge in [-0.15, -0.1) is 6.42 Å². The second kappa shape index (κ2) is 4.54. The Hall–Kier alpha value is -1.53. The third kappa shape index (κ3) is 1.89.